The van der Waals surface area contributed by atoms with Crippen LogP contribution in [0.25, 0.3) is 110 Å². The van der Waals surface area contributed by atoms with E-state index < -0.39 is 0 Å². The van der Waals surface area contributed by atoms with E-state index in [-0.39, 0.29) is 0 Å². The summed E-state index contributed by atoms with van der Waals surface area (Å²) in [4.78, 5) is 10.2. The van der Waals surface area contributed by atoms with Gasteiger partial charge in [0.05, 0.1) is 5.69 Å². The third-order valence-corrected chi connectivity index (χ3v) is 10.9. The number of hydrogen-bond donors (Lipinski definition) is 0. The van der Waals surface area contributed by atoms with Crippen LogP contribution >= 0.6 is 0 Å². The first-order chi connectivity index (χ1) is 27.2. The second kappa shape index (κ2) is 12.6. The Hall–Kier alpha value is -7.36. The van der Waals surface area contributed by atoms with Crippen molar-refractivity contribution in [2.45, 2.75) is 0 Å². The van der Waals surface area contributed by atoms with E-state index in [4.69, 9.17) is 14.4 Å². The molecule has 9 aromatic carbocycles. The Labute approximate surface area is 317 Å². The van der Waals surface area contributed by atoms with Crippen molar-refractivity contribution in [3.8, 4) is 56.4 Å². The number of benzene rings is 9. The van der Waals surface area contributed by atoms with Crippen molar-refractivity contribution < 1.29 is 4.42 Å². The van der Waals surface area contributed by atoms with Crippen molar-refractivity contribution in [2.24, 2.45) is 0 Å². The molecule has 55 heavy (non-hydrogen) atoms. The average molecular weight is 701 g/mol. The zero-order chi connectivity index (χ0) is 36.3. The molecule has 0 aliphatic heterocycles. The highest BCUT2D eigenvalue weighted by Crippen LogP contribution is 2.42. The SMILES string of the molecule is c1ccc(-c2nc(-c3cc4ccccc4o3)cc(-c3ccc(-c4ccc(-c5c6ccccc6cc6c5ccc5ccccc56)cc4)c4ccccc34)n2)cc1. The molecule has 3 nitrogen and oxygen atoms in total. The normalized spacial score (nSPS) is 11.6. The van der Waals surface area contributed by atoms with Crippen LogP contribution < -0.4 is 0 Å². The fourth-order valence-corrected chi connectivity index (χ4v) is 8.26. The topological polar surface area (TPSA) is 38.9 Å². The van der Waals surface area contributed by atoms with Gasteiger partial charge in [0.15, 0.2) is 11.6 Å². The van der Waals surface area contributed by atoms with E-state index in [2.05, 4.69) is 158 Å². The van der Waals surface area contributed by atoms with E-state index >= 15 is 0 Å². The maximum Gasteiger partial charge on any atom is 0.160 e. The maximum absolute atomic E-state index is 6.32. The lowest BCUT2D eigenvalue weighted by atomic mass is 9.88. The van der Waals surface area contributed by atoms with Gasteiger partial charge in [-0.2, -0.15) is 0 Å². The summed E-state index contributed by atoms with van der Waals surface area (Å²) in [7, 11) is 0. The van der Waals surface area contributed by atoms with Crippen LogP contribution in [0.3, 0.4) is 0 Å². The van der Waals surface area contributed by atoms with Gasteiger partial charge in [-0.1, -0.05) is 170 Å². The Morgan fingerprint density at radius 1 is 0.327 bits per heavy atom. The molecule has 0 atom stereocenters. The van der Waals surface area contributed by atoms with Crippen LogP contribution in [0, 0.1) is 0 Å². The number of aromatic nitrogens is 2. The third-order valence-electron chi connectivity index (χ3n) is 10.9. The van der Waals surface area contributed by atoms with Crippen LogP contribution in [0.5, 0.6) is 0 Å². The summed E-state index contributed by atoms with van der Waals surface area (Å²) in [6, 6.07) is 68.8. The summed E-state index contributed by atoms with van der Waals surface area (Å²) in [6.07, 6.45) is 0. The van der Waals surface area contributed by atoms with Gasteiger partial charge in [0, 0.05) is 16.5 Å². The van der Waals surface area contributed by atoms with E-state index in [9.17, 15) is 0 Å². The lowest BCUT2D eigenvalue weighted by Crippen LogP contribution is -1.96. The molecule has 0 bridgehead atoms. The number of furan rings is 1. The molecular formula is C52H32N2O. The van der Waals surface area contributed by atoms with E-state index in [0.717, 1.165) is 50.2 Å². The fourth-order valence-electron chi connectivity index (χ4n) is 8.26. The second-order valence-electron chi connectivity index (χ2n) is 14.1. The second-order valence-corrected chi connectivity index (χ2v) is 14.1. The highest BCUT2D eigenvalue weighted by atomic mass is 16.3. The Morgan fingerprint density at radius 2 is 0.945 bits per heavy atom. The molecule has 0 saturated heterocycles. The standard InChI is InChI=1S/C52H32N2O/c1-2-13-36(14-3-1)52-53-47(32-48(54-52)50-31-38-16-6-11-21-49(38)55-50)44-29-28-40(42-19-9-10-20-43(42)44)34-22-24-35(25-23-34)51-41-18-8-5-15-37(41)30-46-39-17-7-4-12-33(39)26-27-45(46)51/h1-32H. The Balaban J connectivity index is 1.05. The average Bonchev–Trinajstić information content (AvgIpc) is 3.70. The van der Waals surface area contributed by atoms with Gasteiger partial charge >= 0.3 is 0 Å². The molecule has 2 aromatic heterocycles. The van der Waals surface area contributed by atoms with Crippen molar-refractivity contribution in [3.05, 3.63) is 194 Å². The van der Waals surface area contributed by atoms with Crippen LogP contribution in [0.15, 0.2) is 199 Å². The van der Waals surface area contributed by atoms with E-state index in [0.29, 0.717) is 5.82 Å². The van der Waals surface area contributed by atoms with Gasteiger partial charge in [-0.3, -0.25) is 0 Å². The molecule has 11 rings (SSSR count). The Morgan fingerprint density at radius 3 is 1.75 bits per heavy atom. The summed E-state index contributed by atoms with van der Waals surface area (Å²) in [5.74, 6) is 1.38. The number of para-hydroxylation sites is 1. The predicted molar refractivity (Wildman–Crippen MR) is 229 cm³/mol. The smallest absolute Gasteiger partial charge is 0.160 e. The molecule has 0 amide bonds. The van der Waals surface area contributed by atoms with Gasteiger partial charge in [-0.25, -0.2) is 9.97 Å². The van der Waals surface area contributed by atoms with Crippen LogP contribution in [0.1, 0.15) is 0 Å². The highest BCUT2D eigenvalue weighted by Gasteiger charge is 2.18. The largest absolute Gasteiger partial charge is 0.454 e. The van der Waals surface area contributed by atoms with Gasteiger partial charge in [-0.05, 0) is 89.6 Å². The molecule has 0 unspecified atom stereocenters. The molecule has 0 saturated carbocycles. The summed E-state index contributed by atoms with van der Waals surface area (Å²) < 4.78 is 6.32. The van der Waals surface area contributed by atoms with E-state index in [1.165, 1.54) is 54.4 Å². The van der Waals surface area contributed by atoms with Gasteiger partial charge in [0.1, 0.15) is 11.3 Å². The minimum Gasteiger partial charge on any atom is -0.454 e. The quantitative estimate of drug-likeness (QED) is 0.133. The van der Waals surface area contributed by atoms with Crippen molar-refractivity contribution >= 4 is 54.1 Å². The molecule has 0 fully saturated rings. The van der Waals surface area contributed by atoms with Gasteiger partial charge < -0.3 is 4.42 Å². The van der Waals surface area contributed by atoms with Gasteiger partial charge in [0.2, 0.25) is 0 Å². The van der Waals surface area contributed by atoms with Crippen molar-refractivity contribution in [1.29, 1.82) is 0 Å². The lowest BCUT2D eigenvalue weighted by Gasteiger charge is -2.15. The van der Waals surface area contributed by atoms with Crippen LogP contribution in [0.2, 0.25) is 0 Å². The van der Waals surface area contributed by atoms with E-state index in [1.807, 2.05) is 36.4 Å². The van der Waals surface area contributed by atoms with Crippen molar-refractivity contribution in [3.63, 3.8) is 0 Å². The fraction of sp³-hybridized carbons (Fsp3) is 0. The molecule has 11 aromatic rings. The molecule has 0 radical (unpaired) electrons. The van der Waals surface area contributed by atoms with Gasteiger partial charge in [-0.15, -0.1) is 0 Å². The van der Waals surface area contributed by atoms with Gasteiger partial charge in [0.25, 0.3) is 0 Å². The van der Waals surface area contributed by atoms with Crippen LogP contribution in [-0.4, -0.2) is 9.97 Å². The molecule has 3 heteroatoms. The maximum atomic E-state index is 6.32. The number of nitrogens with zero attached hydrogens (tertiary/aromatic N) is 2. The minimum atomic E-state index is 0.659. The van der Waals surface area contributed by atoms with Crippen LogP contribution in [0.4, 0.5) is 0 Å². The van der Waals surface area contributed by atoms with Crippen molar-refractivity contribution in [2.75, 3.05) is 0 Å². The first kappa shape index (κ1) is 31.2. The summed E-state index contributed by atoms with van der Waals surface area (Å²) in [5, 5.41) is 10.9. The molecule has 0 aliphatic rings. The zero-order valence-corrected chi connectivity index (χ0v) is 29.8. The molecule has 0 aliphatic carbocycles. The number of hydrogen-bond acceptors (Lipinski definition) is 3. The van der Waals surface area contributed by atoms with Crippen molar-refractivity contribution in [1.82, 2.24) is 9.97 Å². The summed E-state index contributed by atoms with van der Waals surface area (Å²) in [5.41, 5.74) is 9.24. The molecule has 0 spiro atoms. The predicted octanol–water partition coefficient (Wildman–Crippen LogP) is 14.2. The third kappa shape index (κ3) is 5.28. The molecular weight excluding hydrogens is 669 g/mol. The molecule has 2 heterocycles. The minimum absolute atomic E-state index is 0.659. The Kier molecular flexibility index (Phi) is 7.17. The monoisotopic (exact) mass is 700 g/mol. The summed E-state index contributed by atoms with van der Waals surface area (Å²) in [6.45, 7) is 0. The number of rotatable bonds is 5. The molecule has 256 valence electrons. The van der Waals surface area contributed by atoms with Crippen LogP contribution in [-0.2, 0) is 0 Å². The molecule has 0 N–H and O–H groups in total. The first-order valence-corrected chi connectivity index (χ1v) is 18.6. The van der Waals surface area contributed by atoms with E-state index in [1.54, 1.807) is 0 Å². The lowest BCUT2D eigenvalue weighted by molar-refractivity contribution is 0.628. The highest BCUT2D eigenvalue weighted by molar-refractivity contribution is 6.20. The first-order valence-electron chi connectivity index (χ1n) is 18.6. The summed E-state index contributed by atoms with van der Waals surface area (Å²) >= 11 is 0. The zero-order valence-electron chi connectivity index (χ0n) is 29.8. The Bertz CT molecular complexity index is 3220. The number of fused-ring (bicyclic) bond motifs is 6.